The molecule has 0 saturated carbocycles. The molecule has 0 bridgehead atoms. The molecule has 0 aliphatic rings. The quantitative estimate of drug-likeness (QED) is 0.788. The molecule has 0 aliphatic carbocycles. The van der Waals surface area contributed by atoms with Gasteiger partial charge in [-0.3, -0.25) is 0 Å². The standard InChI is InChI=1S/C14H15N3OS2/c1-14(2,12-15-6-7-19-12)17-13-16-10-5-4-9(18-3)8-11(10)20-13/h4-8H,1-3H3,(H,16,17). The molecule has 1 aromatic carbocycles. The van der Waals surface area contributed by atoms with Crippen LogP contribution >= 0.6 is 22.7 Å². The van der Waals surface area contributed by atoms with Crippen LogP contribution in [0.2, 0.25) is 0 Å². The van der Waals surface area contributed by atoms with Crippen molar-refractivity contribution in [1.82, 2.24) is 9.97 Å². The summed E-state index contributed by atoms with van der Waals surface area (Å²) in [4.78, 5) is 8.99. The molecular formula is C14H15N3OS2. The maximum absolute atomic E-state index is 5.24. The van der Waals surface area contributed by atoms with E-state index in [1.807, 2.05) is 29.8 Å². The molecule has 0 fully saturated rings. The summed E-state index contributed by atoms with van der Waals surface area (Å²) in [7, 11) is 1.67. The van der Waals surface area contributed by atoms with Crippen LogP contribution in [0.5, 0.6) is 5.75 Å². The zero-order valence-electron chi connectivity index (χ0n) is 11.5. The van der Waals surface area contributed by atoms with Gasteiger partial charge in [0.05, 0.1) is 22.9 Å². The molecule has 0 unspecified atom stereocenters. The third-order valence-corrected chi connectivity index (χ3v) is 5.01. The van der Waals surface area contributed by atoms with Crippen LogP contribution in [0.1, 0.15) is 18.9 Å². The van der Waals surface area contributed by atoms with Gasteiger partial charge in [-0.25, -0.2) is 9.97 Å². The van der Waals surface area contributed by atoms with Gasteiger partial charge in [-0.2, -0.15) is 0 Å². The molecule has 0 amide bonds. The van der Waals surface area contributed by atoms with Gasteiger partial charge < -0.3 is 10.1 Å². The fraction of sp³-hybridized carbons (Fsp3) is 0.286. The molecule has 4 nitrogen and oxygen atoms in total. The molecule has 2 heterocycles. The van der Waals surface area contributed by atoms with Gasteiger partial charge >= 0.3 is 0 Å². The normalized spacial score (nSPS) is 11.8. The minimum Gasteiger partial charge on any atom is -0.497 e. The van der Waals surface area contributed by atoms with Crippen LogP contribution in [-0.4, -0.2) is 17.1 Å². The number of anilines is 1. The summed E-state index contributed by atoms with van der Waals surface area (Å²) in [6.07, 6.45) is 1.83. The lowest BCUT2D eigenvalue weighted by Gasteiger charge is -2.23. The van der Waals surface area contributed by atoms with E-state index >= 15 is 0 Å². The maximum Gasteiger partial charge on any atom is 0.184 e. The van der Waals surface area contributed by atoms with E-state index in [-0.39, 0.29) is 5.54 Å². The molecular weight excluding hydrogens is 290 g/mol. The van der Waals surface area contributed by atoms with Gasteiger partial charge in [0.15, 0.2) is 5.13 Å². The van der Waals surface area contributed by atoms with Gasteiger partial charge in [0.1, 0.15) is 10.8 Å². The number of rotatable bonds is 4. The highest BCUT2D eigenvalue weighted by molar-refractivity contribution is 7.22. The Kier molecular flexibility index (Phi) is 3.35. The molecule has 1 N–H and O–H groups in total. The number of benzene rings is 1. The number of thiazole rings is 2. The van der Waals surface area contributed by atoms with Crippen molar-refractivity contribution in [3.05, 3.63) is 34.8 Å². The number of fused-ring (bicyclic) bond motifs is 1. The lowest BCUT2D eigenvalue weighted by Crippen LogP contribution is -2.27. The summed E-state index contributed by atoms with van der Waals surface area (Å²) in [5, 5.41) is 7.40. The molecule has 0 aliphatic heterocycles. The van der Waals surface area contributed by atoms with E-state index in [1.54, 1.807) is 29.8 Å². The SMILES string of the molecule is COc1ccc2nc(NC(C)(C)c3nccs3)sc2c1. The Morgan fingerprint density at radius 1 is 1.30 bits per heavy atom. The Morgan fingerprint density at radius 2 is 2.15 bits per heavy atom. The van der Waals surface area contributed by atoms with Crippen molar-refractivity contribution in [3.63, 3.8) is 0 Å². The van der Waals surface area contributed by atoms with Gasteiger partial charge in [0.2, 0.25) is 0 Å². The van der Waals surface area contributed by atoms with Crippen LogP contribution in [0.3, 0.4) is 0 Å². The van der Waals surface area contributed by atoms with E-state index in [1.165, 1.54) is 0 Å². The topological polar surface area (TPSA) is 47.0 Å². The predicted octanol–water partition coefficient (Wildman–Crippen LogP) is 4.11. The van der Waals surface area contributed by atoms with Crippen LogP contribution in [0.15, 0.2) is 29.8 Å². The first-order valence-corrected chi connectivity index (χ1v) is 7.91. The third kappa shape index (κ3) is 2.48. The minimum absolute atomic E-state index is 0.230. The predicted molar refractivity (Wildman–Crippen MR) is 84.9 cm³/mol. The van der Waals surface area contributed by atoms with E-state index in [9.17, 15) is 0 Å². The first-order chi connectivity index (χ1) is 9.58. The van der Waals surface area contributed by atoms with Crippen LogP contribution < -0.4 is 10.1 Å². The number of ether oxygens (including phenoxy) is 1. The Morgan fingerprint density at radius 3 is 2.85 bits per heavy atom. The second kappa shape index (κ2) is 5.03. The summed E-state index contributed by atoms with van der Waals surface area (Å²) in [6, 6.07) is 5.92. The van der Waals surface area contributed by atoms with E-state index < -0.39 is 0 Å². The molecule has 6 heteroatoms. The van der Waals surface area contributed by atoms with Crippen molar-refractivity contribution in [1.29, 1.82) is 0 Å². The molecule has 104 valence electrons. The van der Waals surface area contributed by atoms with Crippen LogP contribution in [0, 0.1) is 0 Å². The van der Waals surface area contributed by atoms with Crippen molar-refractivity contribution >= 4 is 38.0 Å². The molecule has 0 spiro atoms. The molecule has 0 saturated heterocycles. The third-order valence-electron chi connectivity index (χ3n) is 2.98. The number of nitrogens with one attached hydrogen (secondary N) is 1. The van der Waals surface area contributed by atoms with E-state index in [0.29, 0.717) is 0 Å². The molecule has 0 atom stereocenters. The summed E-state index contributed by atoms with van der Waals surface area (Å²) in [5.41, 5.74) is 0.750. The maximum atomic E-state index is 5.24. The van der Waals surface area contributed by atoms with E-state index in [4.69, 9.17) is 4.74 Å². The largest absolute Gasteiger partial charge is 0.497 e. The number of methoxy groups -OCH3 is 1. The van der Waals surface area contributed by atoms with Crippen LogP contribution in [-0.2, 0) is 5.54 Å². The van der Waals surface area contributed by atoms with Crippen molar-refractivity contribution in [3.8, 4) is 5.75 Å². The Balaban J connectivity index is 1.91. The summed E-state index contributed by atoms with van der Waals surface area (Å²) < 4.78 is 6.35. The monoisotopic (exact) mass is 305 g/mol. The lowest BCUT2D eigenvalue weighted by molar-refractivity contribution is 0.415. The zero-order chi connectivity index (χ0) is 14.2. The fourth-order valence-electron chi connectivity index (χ4n) is 1.94. The van der Waals surface area contributed by atoms with E-state index in [2.05, 4.69) is 29.1 Å². The Labute approximate surface area is 125 Å². The highest BCUT2D eigenvalue weighted by Gasteiger charge is 2.24. The van der Waals surface area contributed by atoms with E-state index in [0.717, 1.165) is 26.1 Å². The zero-order valence-corrected chi connectivity index (χ0v) is 13.1. The van der Waals surface area contributed by atoms with Crippen molar-refractivity contribution in [2.24, 2.45) is 0 Å². The van der Waals surface area contributed by atoms with Crippen molar-refractivity contribution in [2.45, 2.75) is 19.4 Å². The second-order valence-corrected chi connectivity index (χ2v) is 6.87. The second-order valence-electron chi connectivity index (χ2n) is 4.94. The highest BCUT2D eigenvalue weighted by Crippen LogP contribution is 2.33. The lowest BCUT2D eigenvalue weighted by atomic mass is 10.1. The number of hydrogen-bond acceptors (Lipinski definition) is 6. The summed E-state index contributed by atoms with van der Waals surface area (Å²) in [6.45, 7) is 4.22. The average molecular weight is 305 g/mol. The molecule has 2 aromatic heterocycles. The molecule has 20 heavy (non-hydrogen) atoms. The van der Waals surface area contributed by atoms with Gasteiger partial charge in [0, 0.05) is 11.6 Å². The Bertz CT molecular complexity index is 719. The van der Waals surface area contributed by atoms with Gasteiger partial charge in [-0.05, 0) is 32.0 Å². The summed E-state index contributed by atoms with van der Waals surface area (Å²) >= 11 is 3.27. The van der Waals surface area contributed by atoms with Crippen molar-refractivity contribution < 1.29 is 4.74 Å². The molecule has 3 aromatic rings. The van der Waals surface area contributed by atoms with Gasteiger partial charge in [-0.15, -0.1) is 11.3 Å². The van der Waals surface area contributed by atoms with Crippen molar-refractivity contribution in [2.75, 3.05) is 12.4 Å². The average Bonchev–Trinajstić information content (AvgIpc) is 3.06. The Hall–Kier alpha value is -1.66. The highest BCUT2D eigenvalue weighted by atomic mass is 32.1. The number of aromatic nitrogens is 2. The number of hydrogen-bond donors (Lipinski definition) is 1. The molecule has 3 rings (SSSR count). The van der Waals surface area contributed by atoms with Gasteiger partial charge in [-0.1, -0.05) is 11.3 Å². The van der Waals surface area contributed by atoms with Crippen LogP contribution in [0.4, 0.5) is 5.13 Å². The fourth-order valence-corrected chi connectivity index (χ4v) is 3.71. The first kappa shape index (κ1) is 13.3. The minimum atomic E-state index is -0.230. The smallest absolute Gasteiger partial charge is 0.184 e. The first-order valence-electron chi connectivity index (χ1n) is 6.21. The number of nitrogens with zero attached hydrogens (tertiary/aromatic N) is 2. The van der Waals surface area contributed by atoms with Crippen LogP contribution in [0.25, 0.3) is 10.2 Å². The van der Waals surface area contributed by atoms with Gasteiger partial charge in [0.25, 0.3) is 0 Å². The molecule has 0 radical (unpaired) electrons. The summed E-state index contributed by atoms with van der Waals surface area (Å²) in [5.74, 6) is 0.854.